The van der Waals surface area contributed by atoms with Crippen LogP contribution in [0.15, 0.2) is 6.20 Å². The number of anilines is 2. The number of nitrogens with one attached hydrogen (secondary N) is 1. The minimum absolute atomic E-state index is 0.168. The predicted molar refractivity (Wildman–Crippen MR) is 60.5 cm³/mol. The van der Waals surface area contributed by atoms with Crippen LogP contribution in [0.25, 0.3) is 0 Å². The fourth-order valence-corrected chi connectivity index (χ4v) is 1.58. The molecule has 0 saturated carbocycles. The molecule has 16 heavy (non-hydrogen) atoms. The molecular formula is C9H13ClN4O2. The van der Waals surface area contributed by atoms with Crippen LogP contribution in [-0.4, -0.2) is 41.7 Å². The number of ether oxygens (including phenoxy) is 1. The number of hydrogen-bond acceptors (Lipinski definition) is 6. The van der Waals surface area contributed by atoms with Crippen molar-refractivity contribution in [3.05, 3.63) is 11.5 Å². The van der Waals surface area contributed by atoms with Crippen LogP contribution >= 0.6 is 11.6 Å². The van der Waals surface area contributed by atoms with E-state index in [1.165, 1.54) is 0 Å². The molecule has 0 bridgehead atoms. The fraction of sp³-hybridized carbons (Fsp3) is 0.556. The largest absolute Gasteiger partial charge is 0.374 e. The lowest BCUT2D eigenvalue weighted by Gasteiger charge is -2.19. The van der Waals surface area contributed by atoms with E-state index >= 15 is 0 Å². The van der Waals surface area contributed by atoms with Crippen LogP contribution < -0.4 is 10.2 Å². The quantitative estimate of drug-likeness (QED) is 0.654. The van der Waals surface area contributed by atoms with E-state index in [2.05, 4.69) is 15.3 Å². The first-order chi connectivity index (χ1) is 7.66. The van der Waals surface area contributed by atoms with Gasteiger partial charge in [0.25, 0.3) is 0 Å². The highest BCUT2D eigenvalue weighted by molar-refractivity contribution is 6.28. The Hall–Kier alpha value is -1.11. The van der Waals surface area contributed by atoms with Crippen LogP contribution in [0, 0.1) is 0 Å². The monoisotopic (exact) mass is 244 g/mol. The molecule has 0 radical (unpaired) electrons. The van der Waals surface area contributed by atoms with E-state index in [1.54, 1.807) is 11.1 Å². The summed E-state index contributed by atoms with van der Waals surface area (Å²) in [5.74, 6) is 0.612. The molecule has 2 heterocycles. The smallest absolute Gasteiger partial charge is 0.224 e. The van der Waals surface area contributed by atoms with Crippen molar-refractivity contribution in [1.29, 1.82) is 0 Å². The molecule has 0 saturated heterocycles. The summed E-state index contributed by atoms with van der Waals surface area (Å²) < 4.78 is 5.36. The SMILES string of the molecule is CN1COCCC(O)Nc2cnc(Cl)nc21. The summed E-state index contributed by atoms with van der Waals surface area (Å²) >= 11 is 5.73. The second-order valence-corrected chi connectivity index (χ2v) is 3.90. The third-order valence-corrected chi connectivity index (χ3v) is 2.43. The zero-order valence-electron chi connectivity index (χ0n) is 8.85. The molecular weight excluding hydrogens is 232 g/mol. The summed E-state index contributed by atoms with van der Waals surface area (Å²) in [7, 11) is 1.83. The van der Waals surface area contributed by atoms with E-state index in [0.717, 1.165) is 0 Å². The highest BCUT2D eigenvalue weighted by atomic mass is 35.5. The molecule has 1 aromatic heterocycles. The molecule has 1 aliphatic heterocycles. The first-order valence-corrected chi connectivity index (χ1v) is 5.30. The summed E-state index contributed by atoms with van der Waals surface area (Å²) in [6.45, 7) is 0.877. The topological polar surface area (TPSA) is 70.5 Å². The van der Waals surface area contributed by atoms with Gasteiger partial charge in [-0.2, -0.15) is 4.98 Å². The van der Waals surface area contributed by atoms with Gasteiger partial charge in [0.15, 0.2) is 5.82 Å². The molecule has 88 valence electrons. The van der Waals surface area contributed by atoms with E-state index < -0.39 is 6.23 Å². The lowest BCUT2D eigenvalue weighted by atomic mass is 10.3. The summed E-state index contributed by atoms with van der Waals surface area (Å²) in [5, 5.41) is 12.7. The Morgan fingerprint density at radius 1 is 1.69 bits per heavy atom. The van der Waals surface area contributed by atoms with Crippen LogP contribution in [0.2, 0.25) is 5.28 Å². The van der Waals surface area contributed by atoms with Gasteiger partial charge in [0.1, 0.15) is 13.0 Å². The molecule has 2 rings (SSSR count). The van der Waals surface area contributed by atoms with Gasteiger partial charge in [-0.25, -0.2) is 4.98 Å². The highest BCUT2D eigenvalue weighted by Crippen LogP contribution is 2.24. The standard InChI is InChI=1S/C9H13ClN4O2/c1-14-5-16-3-2-7(15)12-6-4-11-9(10)13-8(6)14/h4,7,12,15H,2-3,5H2,1H3. The molecule has 7 heteroatoms. The zero-order valence-corrected chi connectivity index (χ0v) is 9.61. The molecule has 2 N–H and O–H groups in total. The third kappa shape index (κ3) is 2.52. The van der Waals surface area contributed by atoms with E-state index in [0.29, 0.717) is 31.3 Å². The number of aliphatic hydroxyl groups excluding tert-OH is 1. The average Bonchev–Trinajstić information content (AvgIpc) is 2.31. The number of halogens is 1. The minimum Gasteiger partial charge on any atom is -0.374 e. The van der Waals surface area contributed by atoms with Crippen LogP contribution in [0.5, 0.6) is 0 Å². The summed E-state index contributed by atoms with van der Waals surface area (Å²) in [4.78, 5) is 9.78. The molecule has 0 spiro atoms. The van der Waals surface area contributed by atoms with E-state index in [-0.39, 0.29) is 5.28 Å². The first kappa shape index (κ1) is 11.4. The van der Waals surface area contributed by atoms with E-state index in [4.69, 9.17) is 16.3 Å². The van der Waals surface area contributed by atoms with Gasteiger partial charge >= 0.3 is 0 Å². The maximum atomic E-state index is 9.64. The van der Waals surface area contributed by atoms with Crippen molar-refractivity contribution >= 4 is 23.1 Å². The van der Waals surface area contributed by atoms with E-state index in [9.17, 15) is 5.11 Å². The van der Waals surface area contributed by atoms with Gasteiger partial charge in [-0.1, -0.05) is 0 Å². The molecule has 1 aliphatic rings. The molecule has 0 aromatic carbocycles. The Morgan fingerprint density at radius 3 is 3.31 bits per heavy atom. The zero-order chi connectivity index (χ0) is 11.5. The average molecular weight is 245 g/mol. The Kier molecular flexibility index (Phi) is 3.42. The van der Waals surface area contributed by atoms with Crippen LogP contribution in [-0.2, 0) is 4.74 Å². The van der Waals surface area contributed by atoms with Gasteiger partial charge in [0, 0.05) is 13.5 Å². The number of hydrogen-bond donors (Lipinski definition) is 2. The van der Waals surface area contributed by atoms with Crippen molar-refractivity contribution in [1.82, 2.24) is 9.97 Å². The molecule has 0 amide bonds. The highest BCUT2D eigenvalue weighted by Gasteiger charge is 2.16. The van der Waals surface area contributed by atoms with Crippen molar-refractivity contribution in [2.75, 3.05) is 30.6 Å². The molecule has 0 fully saturated rings. The van der Waals surface area contributed by atoms with Crippen molar-refractivity contribution in [3.63, 3.8) is 0 Å². The van der Waals surface area contributed by atoms with Gasteiger partial charge in [0.2, 0.25) is 5.28 Å². The van der Waals surface area contributed by atoms with Crippen molar-refractivity contribution in [3.8, 4) is 0 Å². The van der Waals surface area contributed by atoms with Crippen LogP contribution in [0.1, 0.15) is 6.42 Å². The maximum absolute atomic E-state index is 9.64. The van der Waals surface area contributed by atoms with Gasteiger partial charge in [-0.3, -0.25) is 0 Å². The Balaban J connectivity index is 2.34. The van der Waals surface area contributed by atoms with Gasteiger partial charge in [-0.15, -0.1) is 0 Å². The second kappa shape index (κ2) is 4.82. The Bertz CT molecular complexity index is 377. The Labute approximate surface area is 98.2 Å². The fourth-order valence-electron chi connectivity index (χ4n) is 1.45. The van der Waals surface area contributed by atoms with Gasteiger partial charge in [-0.05, 0) is 11.6 Å². The lowest BCUT2D eigenvalue weighted by Crippen LogP contribution is -2.22. The maximum Gasteiger partial charge on any atom is 0.224 e. The molecule has 1 atom stereocenters. The lowest BCUT2D eigenvalue weighted by molar-refractivity contribution is 0.0963. The van der Waals surface area contributed by atoms with Crippen molar-refractivity contribution in [2.45, 2.75) is 12.6 Å². The second-order valence-electron chi connectivity index (χ2n) is 3.56. The first-order valence-electron chi connectivity index (χ1n) is 4.93. The van der Waals surface area contributed by atoms with Crippen LogP contribution in [0.3, 0.4) is 0 Å². The Morgan fingerprint density at radius 2 is 2.50 bits per heavy atom. The summed E-state index contributed by atoms with van der Waals surface area (Å²) in [6.07, 6.45) is 1.39. The van der Waals surface area contributed by atoms with Crippen LogP contribution in [0.4, 0.5) is 11.5 Å². The molecule has 1 unspecified atom stereocenters. The number of nitrogens with zero attached hydrogens (tertiary/aromatic N) is 3. The number of aromatic nitrogens is 2. The van der Waals surface area contributed by atoms with Crippen molar-refractivity contribution in [2.24, 2.45) is 0 Å². The van der Waals surface area contributed by atoms with Gasteiger partial charge in [0.05, 0.1) is 18.5 Å². The number of fused-ring (bicyclic) bond motifs is 1. The molecule has 1 aromatic rings. The van der Waals surface area contributed by atoms with Gasteiger partial charge < -0.3 is 20.1 Å². The third-order valence-electron chi connectivity index (χ3n) is 2.24. The minimum atomic E-state index is -0.671. The normalized spacial score (nSPS) is 21.4. The van der Waals surface area contributed by atoms with E-state index in [1.807, 2.05) is 7.05 Å². The van der Waals surface area contributed by atoms with Crippen molar-refractivity contribution < 1.29 is 9.84 Å². The number of aliphatic hydroxyl groups is 1. The predicted octanol–water partition coefficient (Wildman–Crippen LogP) is 0.674. The number of rotatable bonds is 0. The molecule has 0 aliphatic carbocycles. The molecule has 6 nitrogen and oxygen atoms in total. The summed E-state index contributed by atoms with van der Waals surface area (Å²) in [6, 6.07) is 0. The summed E-state index contributed by atoms with van der Waals surface area (Å²) in [5.41, 5.74) is 0.643.